The molecule has 0 aliphatic carbocycles. The molecule has 0 radical (unpaired) electrons. The van der Waals surface area contributed by atoms with Gasteiger partial charge < -0.3 is 112 Å². The number of aliphatic hydroxyl groups is 6. The Bertz CT molecular complexity index is 2260. The van der Waals surface area contributed by atoms with E-state index in [0.717, 1.165) is 13.8 Å². The third kappa shape index (κ3) is 27.2. The van der Waals surface area contributed by atoms with Crippen LogP contribution < -0.4 is 58.7 Å². The predicted octanol–water partition coefficient (Wildman–Crippen LogP) is -8.29. The first-order valence-corrected chi connectivity index (χ1v) is 26.6. The van der Waals surface area contributed by atoms with Crippen LogP contribution in [0.5, 0.6) is 0 Å². The van der Waals surface area contributed by atoms with Crippen LogP contribution in [0.1, 0.15) is 82.6 Å². The third-order valence-electron chi connectivity index (χ3n) is 11.7. The minimum absolute atomic E-state index is 0.144. The summed E-state index contributed by atoms with van der Waals surface area (Å²) in [5.74, 6) is -9.64. The average molecular weight is 1210 g/mol. The maximum absolute atomic E-state index is 14.4. The first kappa shape index (κ1) is 73.8. The number of aliphatic carboxylic acids is 1. The molecule has 0 spiro atoms. The van der Waals surface area contributed by atoms with E-state index in [0.29, 0.717) is 0 Å². The van der Waals surface area contributed by atoms with Gasteiger partial charge in [0.05, 0.1) is 69.0 Å². The molecule has 2 rings (SSSR count). The molecule has 0 aromatic heterocycles. The monoisotopic (exact) mass is 1210 g/mol. The topological polar surface area (TPSA) is 500 Å². The van der Waals surface area contributed by atoms with Gasteiger partial charge >= 0.3 is 5.97 Å². The van der Waals surface area contributed by atoms with Gasteiger partial charge in [-0.05, 0) is 62.3 Å². The molecule has 480 valence electrons. The zero-order valence-corrected chi connectivity index (χ0v) is 49.0. The Morgan fingerprint density at radius 2 is 0.940 bits per heavy atom. The van der Waals surface area contributed by atoms with Gasteiger partial charge in [0, 0.05) is 26.0 Å². The highest BCUT2D eigenvalue weighted by Crippen LogP contribution is 2.24. The molecule has 14 atom stereocenters. The molecule has 0 saturated carbocycles. The van der Waals surface area contributed by atoms with Crippen LogP contribution in [0.4, 0.5) is 0 Å². The van der Waals surface area contributed by atoms with Crippen LogP contribution in [-0.4, -0.2) is 256 Å². The van der Waals surface area contributed by atoms with E-state index in [4.69, 9.17) is 33.5 Å². The normalized spacial score (nSPS) is 24.1. The van der Waals surface area contributed by atoms with Gasteiger partial charge in [0.15, 0.2) is 6.29 Å². The first-order chi connectivity index (χ1) is 38.8. The number of aliphatic hydroxyl groups excluding tert-OH is 6. The number of carboxylic acids is 1. The van der Waals surface area contributed by atoms with Crippen molar-refractivity contribution in [1.82, 2.24) is 58.7 Å². The number of ether oxygens (including phenoxy) is 6. The van der Waals surface area contributed by atoms with E-state index in [1.54, 1.807) is 62.3 Å². The second-order valence-corrected chi connectivity index (χ2v) is 22.5. The van der Waals surface area contributed by atoms with Crippen molar-refractivity contribution < 1.29 is 112 Å². The van der Waals surface area contributed by atoms with Gasteiger partial charge in [-0.25, -0.2) is 5.43 Å². The van der Waals surface area contributed by atoms with Crippen LogP contribution >= 0.6 is 0 Å². The molecule has 34 nitrogen and oxygen atoms in total. The molecule has 34 heteroatoms. The summed E-state index contributed by atoms with van der Waals surface area (Å²) in [5, 5.41) is 92.9. The Morgan fingerprint density at radius 3 is 1.36 bits per heavy atom. The first-order valence-electron chi connectivity index (χ1n) is 26.6. The van der Waals surface area contributed by atoms with E-state index in [-0.39, 0.29) is 12.3 Å². The van der Waals surface area contributed by atoms with E-state index in [1.807, 2.05) is 0 Å². The Labute approximate surface area is 485 Å². The highest BCUT2D eigenvalue weighted by atomic mass is 16.7. The largest absolute Gasteiger partial charge is 0.480 e. The minimum Gasteiger partial charge on any atom is -0.480 e. The van der Waals surface area contributed by atoms with Crippen molar-refractivity contribution in [2.75, 3.05) is 59.3 Å². The molecule has 2 aliphatic heterocycles. The van der Waals surface area contributed by atoms with E-state index >= 15 is 0 Å². The maximum atomic E-state index is 14.4. The van der Waals surface area contributed by atoms with Crippen molar-refractivity contribution >= 4 is 59.1 Å². The lowest BCUT2D eigenvalue weighted by Crippen LogP contribution is -2.69. The van der Waals surface area contributed by atoms with Crippen LogP contribution in [0, 0.1) is 0 Å². The second kappa shape index (κ2) is 34.0. The number of nitrogens with one attached hydrogen (secondary N) is 11. The van der Waals surface area contributed by atoms with E-state index in [9.17, 15) is 78.6 Å². The molecule has 18 N–H and O–H groups in total. The molecule has 0 aromatic rings. The Hall–Kier alpha value is -6.28. The summed E-state index contributed by atoms with van der Waals surface area (Å²) in [4.78, 5) is 130. The maximum Gasteiger partial charge on any atom is 0.322 e. The summed E-state index contributed by atoms with van der Waals surface area (Å²) >= 11 is 0. The molecule has 9 amide bonds. The van der Waals surface area contributed by atoms with Gasteiger partial charge in [0.2, 0.25) is 53.2 Å². The molecule has 2 fully saturated rings. The van der Waals surface area contributed by atoms with Gasteiger partial charge in [-0.15, -0.1) is 0 Å². The molecule has 84 heavy (non-hydrogen) atoms. The molecule has 2 aliphatic rings. The minimum atomic E-state index is -1.76. The molecule has 2 heterocycles. The lowest BCUT2D eigenvalue weighted by atomic mass is 9.96. The van der Waals surface area contributed by atoms with E-state index in [2.05, 4.69) is 65.3 Å². The van der Waals surface area contributed by atoms with Crippen molar-refractivity contribution in [3.05, 3.63) is 12.3 Å². The third-order valence-corrected chi connectivity index (χ3v) is 11.7. The summed E-state index contributed by atoms with van der Waals surface area (Å²) in [7, 11) is 0. The van der Waals surface area contributed by atoms with Crippen molar-refractivity contribution in [3.8, 4) is 0 Å². The number of carbonyl (C=O) groups excluding carboxylic acids is 9. The standard InChI is InChI=1S/C50H87N11O23/c1-23(54-46-36(61-60-25(3)65)40(73)38(71)30(17-62)83-46)13-26(56-34(68)22-79-47-37(55-24(2)64)41(74)39(72)31(18-63)84-47)45(78)59-29(21-82-50(10,11)12)44(77)52-15-33(67)57-27(19-80-48(4,5)6)42(75)51-14-32(66)58-28(20-81-49(7,8)9)43(76)53-16-35(69)70/h26-31,36-41,46-47,54,61-63,71-74H,1,13-22H2,2-12H3,(H,51,75)(H,52,77)(H,53,76)(H,55,64)(H,56,68)(H,57,67)(H,58,66)(H,59,78)(H,60,65)(H,69,70)/t26-,27-,28-,29-,30?,31?,36?,37?,38?,39?,40?,41?,46?,47?/m0/s1. The zero-order valence-electron chi connectivity index (χ0n) is 49.0. The number of hydrogen-bond donors (Lipinski definition) is 18. The van der Waals surface area contributed by atoms with Gasteiger partial charge in [0.25, 0.3) is 0 Å². The smallest absolute Gasteiger partial charge is 0.322 e. The van der Waals surface area contributed by atoms with E-state index < -0.39 is 220 Å². The zero-order chi connectivity index (χ0) is 64.0. The van der Waals surface area contributed by atoms with E-state index in [1.165, 1.54) is 0 Å². The summed E-state index contributed by atoms with van der Waals surface area (Å²) in [5.41, 5.74) is 2.02. The molecule has 0 aromatic carbocycles. The van der Waals surface area contributed by atoms with Crippen molar-refractivity contribution in [2.24, 2.45) is 0 Å². The number of hydrogen-bond acceptors (Lipinski definition) is 24. The quantitative estimate of drug-likeness (QED) is 0.0278. The molecule has 2 saturated heterocycles. The van der Waals surface area contributed by atoms with Crippen molar-refractivity contribution in [2.45, 2.75) is 185 Å². The number of rotatable bonds is 32. The molecule has 0 bridgehead atoms. The Kier molecular flexibility index (Phi) is 29.9. The Balaban J connectivity index is 2.42. The summed E-state index contributed by atoms with van der Waals surface area (Å²) in [6, 6.07) is -9.13. The summed E-state index contributed by atoms with van der Waals surface area (Å²) in [6.07, 6.45) is -13.3. The predicted molar refractivity (Wildman–Crippen MR) is 288 cm³/mol. The van der Waals surface area contributed by atoms with Gasteiger partial charge in [-0.1, -0.05) is 6.58 Å². The number of carbonyl (C=O) groups is 10. The lowest BCUT2D eigenvalue weighted by Gasteiger charge is -2.43. The van der Waals surface area contributed by atoms with Crippen LogP contribution in [0.2, 0.25) is 0 Å². The number of carboxylic acid groups (broad SMARTS) is 1. The SMILES string of the molecule is C=C(C[C@H](NC(=O)COC1OC(CO)C(O)C(O)C1NC(C)=O)C(=O)N[C@@H](COC(C)(C)C)C(=O)NCC(=O)N[C@@H](COC(C)(C)C)C(=O)NCC(=O)N[C@@H](COC(C)(C)C)C(=O)NCC(=O)O)NC1OC(CO)C(O)C(O)C1NNC(C)=O. The average Bonchev–Trinajstić information content (AvgIpc) is 3.53. The molecule has 10 unspecified atom stereocenters. The second-order valence-electron chi connectivity index (χ2n) is 22.5. The Morgan fingerprint density at radius 1 is 0.524 bits per heavy atom. The van der Waals surface area contributed by atoms with Crippen LogP contribution in [0.15, 0.2) is 12.3 Å². The fourth-order valence-corrected chi connectivity index (χ4v) is 7.49. The molecular formula is C50H87N11O23. The highest BCUT2D eigenvalue weighted by Gasteiger charge is 2.47. The summed E-state index contributed by atoms with van der Waals surface area (Å²) < 4.78 is 34.0. The number of amides is 9. The fourth-order valence-electron chi connectivity index (χ4n) is 7.49. The van der Waals surface area contributed by atoms with Gasteiger partial charge in [-0.3, -0.25) is 53.4 Å². The fraction of sp³-hybridized carbons (Fsp3) is 0.760. The van der Waals surface area contributed by atoms with Crippen LogP contribution in [0.3, 0.4) is 0 Å². The summed E-state index contributed by atoms with van der Waals surface area (Å²) in [6.45, 7) is 14.6. The van der Waals surface area contributed by atoms with Crippen molar-refractivity contribution in [1.29, 1.82) is 0 Å². The number of hydrazine groups is 1. The van der Waals surface area contributed by atoms with Crippen molar-refractivity contribution in [3.63, 3.8) is 0 Å². The van der Waals surface area contributed by atoms with Gasteiger partial charge in [-0.2, -0.15) is 0 Å². The van der Waals surface area contributed by atoms with Crippen LogP contribution in [0.25, 0.3) is 0 Å². The highest BCUT2D eigenvalue weighted by molar-refractivity contribution is 5.96. The van der Waals surface area contributed by atoms with Gasteiger partial charge in [0.1, 0.15) is 86.2 Å². The van der Waals surface area contributed by atoms with Crippen LogP contribution in [-0.2, 0) is 76.4 Å². The lowest BCUT2D eigenvalue weighted by molar-refractivity contribution is -0.268. The molecular weight excluding hydrogens is 1120 g/mol.